The van der Waals surface area contributed by atoms with Crippen molar-refractivity contribution in [2.45, 2.75) is 44.2 Å². The van der Waals surface area contributed by atoms with E-state index in [-0.39, 0.29) is 0 Å². The Labute approximate surface area is 128 Å². The van der Waals surface area contributed by atoms with Gasteiger partial charge in [-0.1, -0.05) is 24.3 Å². The van der Waals surface area contributed by atoms with Crippen LogP contribution in [0, 0.1) is 0 Å². The summed E-state index contributed by atoms with van der Waals surface area (Å²) in [5, 5.41) is 3.61. The van der Waals surface area contributed by atoms with Crippen molar-refractivity contribution in [1.29, 1.82) is 0 Å². The van der Waals surface area contributed by atoms with Gasteiger partial charge in [-0.3, -0.25) is 4.90 Å². The monoisotopic (exact) mass is 288 g/mol. The van der Waals surface area contributed by atoms with Crippen molar-refractivity contribution in [2.24, 2.45) is 0 Å². The van der Waals surface area contributed by atoms with E-state index in [0.29, 0.717) is 6.04 Å². The van der Waals surface area contributed by atoms with E-state index < -0.39 is 0 Å². The van der Waals surface area contributed by atoms with E-state index in [9.17, 15) is 0 Å². The maximum Gasteiger partial charge on any atom is 0.0589 e. The van der Waals surface area contributed by atoms with Crippen LogP contribution in [-0.2, 0) is 11.3 Å². The van der Waals surface area contributed by atoms with Gasteiger partial charge in [0.1, 0.15) is 0 Å². The third-order valence-corrected chi connectivity index (χ3v) is 4.66. The third-order valence-electron chi connectivity index (χ3n) is 4.66. The Morgan fingerprint density at radius 1 is 1.29 bits per heavy atom. The van der Waals surface area contributed by atoms with Gasteiger partial charge in [0.05, 0.1) is 6.61 Å². The van der Waals surface area contributed by atoms with E-state index in [2.05, 4.69) is 34.5 Å². The lowest BCUT2D eigenvalue weighted by atomic mass is 10.1. The lowest BCUT2D eigenvalue weighted by Gasteiger charge is -2.25. The topological polar surface area (TPSA) is 24.5 Å². The van der Waals surface area contributed by atoms with Gasteiger partial charge >= 0.3 is 0 Å². The van der Waals surface area contributed by atoms with Gasteiger partial charge in [0, 0.05) is 32.8 Å². The number of benzene rings is 1. The molecule has 1 atom stereocenters. The average molecular weight is 288 g/mol. The molecule has 2 fully saturated rings. The molecule has 1 aromatic rings. The molecule has 1 saturated carbocycles. The summed E-state index contributed by atoms with van der Waals surface area (Å²) >= 11 is 0. The highest BCUT2D eigenvalue weighted by Crippen LogP contribution is 2.40. The van der Waals surface area contributed by atoms with Crippen molar-refractivity contribution in [2.75, 3.05) is 33.4 Å². The molecule has 0 aromatic heterocycles. The van der Waals surface area contributed by atoms with Gasteiger partial charge in [0.25, 0.3) is 0 Å². The summed E-state index contributed by atoms with van der Waals surface area (Å²) in [4.78, 5) is 2.54. The molecular weight excluding hydrogens is 260 g/mol. The number of rotatable bonds is 8. The Bertz CT molecular complexity index is 439. The van der Waals surface area contributed by atoms with Crippen LogP contribution >= 0.6 is 0 Å². The van der Waals surface area contributed by atoms with Crippen LogP contribution < -0.4 is 5.32 Å². The van der Waals surface area contributed by atoms with E-state index >= 15 is 0 Å². The molecule has 1 unspecified atom stereocenters. The molecule has 1 aliphatic heterocycles. The van der Waals surface area contributed by atoms with E-state index in [1.54, 1.807) is 7.11 Å². The molecule has 1 aromatic carbocycles. The highest BCUT2D eigenvalue weighted by molar-refractivity contribution is 5.29. The molecule has 1 aliphatic carbocycles. The molecule has 116 valence electrons. The maximum atomic E-state index is 5.28. The molecular formula is C18H28N2O. The van der Waals surface area contributed by atoms with Crippen LogP contribution in [0.2, 0.25) is 0 Å². The summed E-state index contributed by atoms with van der Waals surface area (Å²) in [5.41, 5.74) is 2.99. The molecule has 1 saturated heterocycles. The Morgan fingerprint density at radius 2 is 2.19 bits per heavy atom. The van der Waals surface area contributed by atoms with E-state index in [0.717, 1.165) is 32.2 Å². The number of hydrogen-bond acceptors (Lipinski definition) is 3. The van der Waals surface area contributed by atoms with Crippen molar-refractivity contribution in [1.82, 2.24) is 10.2 Å². The second-order valence-corrected chi connectivity index (χ2v) is 6.54. The summed E-state index contributed by atoms with van der Waals surface area (Å²) in [5.74, 6) is 0.842. The summed E-state index contributed by atoms with van der Waals surface area (Å²) in [6.45, 7) is 5.19. The largest absolute Gasteiger partial charge is 0.383 e. The number of nitrogens with one attached hydrogen (secondary N) is 1. The SMILES string of the molecule is COCCN(Cc1cccc(C2CC2)c1)CC1CCCN1. The van der Waals surface area contributed by atoms with E-state index in [4.69, 9.17) is 4.74 Å². The standard InChI is InChI=1S/C18H28N2O/c1-21-11-10-20(14-18-6-3-9-19-18)13-15-4-2-5-17(12-15)16-7-8-16/h2,4-5,12,16,18-19H,3,6-11,13-14H2,1H3. The van der Waals surface area contributed by atoms with Crippen molar-refractivity contribution < 1.29 is 4.74 Å². The quantitative estimate of drug-likeness (QED) is 0.796. The first kappa shape index (κ1) is 15.0. The van der Waals surface area contributed by atoms with Crippen LogP contribution in [0.5, 0.6) is 0 Å². The molecule has 0 spiro atoms. The fraction of sp³-hybridized carbons (Fsp3) is 0.667. The zero-order valence-electron chi connectivity index (χ0n) is 13.2. The predicted molar refractivity (Wildman–Crippen MR) is 86.6 cm³/mol. The number of ether oxygens (including phenoxy) is 1. The smallest absolute Gasteiger partial charge is 0.0589 e. The van der Waals surface area contributed by atoms with Crippen molar-refractivity contribution in [3.05, 3.63) is 35.4 Å². The minimum Gasteiger partial charge on any atom is -0.383 e. The highest BCUT2D eigenvalue weighted by atomic mass is 16.5. The molecule has 3 heteroatoms. The van der Waals surface area contributed by atoms with Crippen LogP contribution in [0.4, 0.5) is 0 Å². The maximum absolute atomic E-state index is 5.28. The van der Waals surface area contributed by atoms with Crippen LogP contribution in [0.1, 0.15) is 42.7 Å². The highest BCUT2D eigenvalue weighted by Gasteiger charge is 2.23. The number of hydrogen-bond donors (Lipinski definition) is 1. The van der Waals surface area contributed by atoms with Gasteiger partial charge in [0.2, 0.25) is 0 Å². The van der Waals surface area contributed by atoms with Gasteiger partial charge in [-0.15, -0.1) is 0 Å². The summed E-state index contributed by atoms with van der Waals surface area (Å²) in [6, 6.07) is 9.87. The van der Waals surface area contributed by atoms with Crippen LogP contribution in [0.25, 0.3) is 0 Å². The molecule has 2 aliphatic rings. The molecule has 0 radical (unpaired) electrons. The number of methoxy groups -OCH3 is 1. The van der Waals surface area contributed by atoms with Gasteiger partial charge in [0.15, 0.2) is 0 Å². The Balaban J connectivity index is 1.60. The summed E-state index contributed by atoms with van der Waals surface area (Å²) in [6.07, 6.45) is 5.39. The number of nitrogens with zero attached hydrogens (tertiary/aromatic N) is 1. The summed E-state index contributed by atoms with van der Waals surface area (Å²) in [7, 11) is 1.79. The van der Waals surface area contributed by atoms with Crippen LogP contribution in [0.15, 0.2) is 24.3 Å². The molecule has 21 heavy (non-hydrogen) atoms. The second-order valence-electron chi connectivity index (χ2n) is 6.54. The van der Waals surface area contributed by atoms with E-state index in [1.165, 1.54) is 43.4 Å². The average Bonchev–Trinajstić information content (AvgIpc) is 3.24. The van der Waals surface area contributed by atoms with Crippen molar-refractivity contribution in [3.8, 4) is 0 Å². The van der Waals surface area contributed by atoms with Crippen molar-refractivity contribution >= 4 is 0 Å². The molecule has 3 nitrogen and oxygen atoms in total. The minimum absolute atomic E-state index is 0.661. The zero-order chi connectivity index (χ0) is 14.5. The lowest BCUT2D eigenvalue weighted by Crippen LogP contribution is -2.38. The fourth-order valence-electron chi connectivity index (χ4n) is 3.30. The molecule has 1 N–H and O–H groups in total. The fourth-order valence-corrected chi connectivity index (χ4v) is 3.30. The first-order chi connectivity index (χ1) is 10.3. The van der Waals surface area contributed by atoms with Gasteiger partial charge in [-0.05, 0) is 49.3 Å². The summed E-state index contributed by atoms with van der Waals surface area (Å²) < 4.78 is 5.28. The van der Waals surface area contributed by atoms with Gasteiger partial charge in [-0.2, -0.15) is 0 Å². The van der Waals surface area contributed by atoms with Crippen LogP contribution in [-0.4, -0.2) is 44.3 Å². The van der Waals surface area contributed by atoms with Crippen molar-refractivity contribution in [3.63, 3.8) is 0 Å². The molecule has 0 bridgehead atoms. The normalized spacial score (nSPS) is 22.1. The van der Waals surface area contributed by atoms with Gasteiger partial charge < -0.3 is 10.1 Å². The molecule has 0 amide bonds. The Kier molecular flexibility index (Phi) is 5.28. The van der Waals surface area contributed by atoms with Gasteiger partial charge in [-0.25, -0.2) is 0 Å². The first-order valence-corrected chi connectivity index (χ1v) is 8.38. The Morgan fingerprint density at radius 3 is 2.90 bits per heavy atom. The molecule has 3 rings (SSSR count). The zero-order valence-corrected chi connectivity index (χ0v) is 13.2. The predicted octanol–water partition coefficient (Wildman–Crippen LogP) is 2.76. The van der Waals surface area contributed by atoms with Crippen LogP contribution in [0.3, 0.4) is 0 Å². The molecule has 1 heterocycles. The lowest BCUT2D eigenvalue weighted by molar-refractivity contribution is 0.138. The Hall–Kier alpha value is -0.900. The second kappa shape index (κ2) is 7.39. The first-order valence-electron chi connectivity index (χ1n) is 8.38. The minimum atomic E-state index is 0.661. The third kappa shape index (κ3) is 4.53. The van der Waals surface area contributed by atoms with E-state index in [1.807, 2.05) is 0 Å².